The third kappa shape index (κ3) is 4.50. The molecule has 0 bridgehead atoms. The summed E-state index contributed by atoms with van der Waals surface area (Å²) in [6, 6.07) is 5.90. The van der Waals surface area contributed by atoms with Gasteiger partial charge in [-0.2, -0.15) is 0 Å². The number of aromatic nitrogens is 3. The van der Waals surface area contributed by atoms with Crippen LogP contribution in [0, 0.1) is 5.82 Å². The number of halogens is 3. The molecule has 6 nitrogen and oxygen atoms in total. The van der Waals surface area contributed by atoms with E-state index in [1.54, 1.807) is 37.8 Å². The third-order valence-corrected chi connectivity index (χ3v) is 5.05. The average molecular weight is 432 g/mol. The minimum atomic E-state index is -2.65. The third-order valence-electron chi connectivity index (χ3n) is 5.05. The van der Waals surface area contributed by atoms with Crippen molar-refractivity contribution in [2.24, 2.45) is 0 Å². The summed E-state index contributed by atoms with van der Waals surface area (Å²) in [4.78, 5) is 23.3. The molecule has 3 heterocycles. The van der Waals surface area contributed by atoms with Gasteiger partial charge < -0.3 is 9.64 Å². The number of nitrogens with zero attached hydrogens (tertiary/aromatic N) is 4. The van der Waals surface area contributed by atoms with Crippen molar-refractivity contribution in [3.63, 3.8) is 0 Å². The fourth-order valence-electron chi connectivity index (χ4n) is 3.54. The molecule has 0 saturated carbocycles. The predicted octanol–water partition coefficient (Wildman–Crippen LogP) is 5.26. The largest absolute Gasteiger partial charge is 0.443 e. The van der Waals surface area contributed by atoms with Crippen LogP contribution in [0.2, 0.25) is 0 Å². The van der Waals surface area contributed by atoms with E-state index in [9.17, 15) is 18.0 Å². The van der Waals surface area contributed by atoms with E-state index in [1.807, 2.05) is 0 Å². The van der Waals surface area contributed by atoms with Crippen LogP contribution < -0.4 is 4.90 Å². The lowest BCUT2D eigenvalue weighted by Crippen LogP contribution is -2.40. The molecule has 0 amide bonds. The number of carbonyl (C=O) groups is 1. The first kappa shape index (κ1) is 21.1. The molecule has 1 aliphatic rings. The number of fused-ring (bicyclic) bond motifs is 1. The summed E-state index contributed by atoms with van der Waals surface area (Å²) in [5.41, 5.74) is 0.598. The Morgan fingerprint density at radius 1 is 1.10 bits per heavy atom. The number of alkyl halides is 2. The summed E-state index contributed by atoms with van der Waals surface area (Å²) >= 11 is 0. The standard InChI is InChI=1S/C22H23F3N4O2/c1-21(2,3)31-20(30)29-17(10-14-4-5-16(23)11-18(14)29)15-12-26-19(27-13-15)28-8-6-22(24,25)7-9-28/h4-5,10-13H,6-9H2,1-3H3. The van der Waals surface area contributed by atoms with Gasteiger partial charge >= 0.3 is 6.09 Å². The summed E-state index contributed by atoms with van der Waals surface area (Å²) in [5, 5.41) is 0.657. The molecule has 9 heteroatoms. The Labute approximate surface area is 177 Å². The molecule has 164 valence electrons. The van der Waals surface area contributed by atoms with Gasteiger partial charge in [-0.05, 0) is 45.0 Å². The number of carbonyl (C=O) groups excluding carboxylic acids is 1. The average Bonchev–Trinajstić information content (AvgIpc) is 3.05. The highest BCUT2D eigenvalue weighted by atomic mass is 19.3. The van der Waals surface area contributed by atoms with E-state index >= 15 is 0 Å². The molecule has 1 fully saturated rings. The Morgan fingerprint density at radius 3 is 2.35 bits per heavy atom. The van der Waals surface area contributed by atoms with E-state index in [0.717, 1.165) is 0 Å². The molecule has 0 radical (unpaired) electrons. The number of ether oxygens (including phenoxy) is 1. The highest BCUT2D eigenvalue weighted by Gasteiger charge is 2.34. The second-order valence-electron chi connectivity index (χ2n) is 8.66. The fourth-order valence-corrected chi connectivity index (χ4v) is 3.54. The lowest BCUT2D eigenvalue weighted by molar-refractivity contribution is -0.0222. The Morgan fingerprint density at radius 2 is 1.74 bits per heavy atom. The van der Waals surface area contributed by atoms with Gasteiger partial charge in [0, 0.05) is 49.3 Å². The molecular formula is C22H23F3N4O2. The van der Waals surface area contributed by atoms with Crippen LogP contribution >= 0.6 is 0 Å². The molecule has 1 saturated heterocycles. The SMILES string of the molecule is CC(C)(C)OC(=O)n1c(-c2cnc(N3CCC(F)(F)CC3)nc2)cc2ccc(F)cc21. The maximum Gasteiger partial charge on any atom is 0.419 e. The maximum atomic E-state index is 13.9. The fraction of sp³-hybridized carbons (Fsp3) is 0.409. The molecule has 0 atom stereocenters. The Bertz CT molecular complexity index is 1110. The molecule has 3 aromatic rings. The Balaban J connectivity index is 1.70. The van der Waals surface area contributed by atoms with Gasteiger partial charge in [0.25, 0.3) is 5.92 Å². The van der Waals surface area contributed by atoms with E-state index in [0.29, 0.717) is 28.1 Å². The van der Waals surface area contributed by atoms with Gasteiger partial charge in [0.15, 0.2) is 0 Å². The lowest BCUT2D eigenvalue weighted by Gasteiger charge is -2.31. The lowest BCUT2D eigenvalue weighted by atomic mass is 10.1. The van der Waals surface area contributed by atoms with E-state index in [4.69, 9.17) is 4.74 Å². The molecule has 0 unspecified atom stereocenters. The zero-order valence-electron chi connectivity index (χ0n) is 17.5. The van der Waals surface area contributed by atoms with Gasteiger partial charge in [-0.3, -0.25) is 0 Å². The first-order chi connectivity index (χ1) is 14.5. The van der Waals surface area contributed by atoms with Crippen LogP contribution in [0.3, 0.4) is 0 Å². The van der Waals surface area contributed by atoms with Gasteiger partial charge in [0.1, 0.15) is 11.4 Å². The molecular weight excluding hydrogens is 409 g/mol. The molecule has 31 heavy (non-hydrogen) atoms. The van der Waals surface area contributed by atoms with Crippen molar-refractivity contribution in [1.82, 2.24) is 14.5 Å². The first-order valence-corrected chi connectivity index (χ1v) is 10.0. The summed E-state index contributed by atoms with van der Waals surface area (Å²) in [6.07, 6.45) is 1.93. The van der Waals surface area contributed by atoms with E-state index in [-0.39, 0.29) is 25.9 Å². The number of piperidine rings is 1. The highest BCUT2D eigenvalue weighted by molar-refractivity contribution is 5.96. The van der Waals surface area contributed by atoms with Crippen molar-refractivity contribution < 1.29 is 22.7 Å². The molecule has 0 spiro atoms. The van der Waals surface area contributed by atoms with Crippen LogP contribution in [-0.2, 0) is 4.74 Å². The smallest absolute Gasteiger partial charge is 0.419 e. The van der Waals surface area contributed by atoms with Crippen LogP contribution in [0.25, 0.3) is 22.2 Å². The highest BCUT2D eigenvalue weighted by Crippen LogP contribution is 2.31. The van der Waals surface area contributed by atoms with E-state index in [1.165, 1.54) is 29.1 Å². The van der Waals surface area contributed by atoms with Crippen molar-refractivity contribution in [1.29, 1.82) is 0 Å². The number of hydrogen-bond acceptors (Lipinski definition) is 5. The van der Waals surface area contributed by atoms with Crippen LogP contribution in [0.4, 0.5) is 23.9 Å². The van der Waals surface area contributed by atoms with E-state index in [2.05, 4.69) is 9.97 Å². The minimum Gasteiger partial charge on any atom is -0.443 e. The maximum absolute atomic E-state index is 13.9. The van der Waals surface area contributed by atoms with E-state index < -0.39 is 23.4 Å². The summed E-state index contributed by atoms with van der Waals surface area (Å²) in [5.74, 6) is -2.78. The summed E-state index contributed by atoms with van der Waals surface area (Å²) in [7, 11) is 0. The predicted molar refractivity (Wildman–Crippen MR) is 111 cm³/mol. The van der Waals surface area contributed by atoms with Crippen LogP contribution in [-0.4, -0.2) is 45.2 Å². The van der Waals surface area contributed by atoms with Crippen molar-refractivity contribution in [2.45, 2.75) is 45.1 Å². The minimum absolute atomic E-state index is 0.170. The molecule has 1 aliphatic heterocycles. The van der Waals surface area contributed by atoms with Gasteiger partial charge in [-0.15, -0.1) is 0 Å². The summed E-state index contributed by atoms with van der Waals surface area (Å²) in [6.45, 7) is 5.58. The van der Waals surface area contributed by atoms with Crippen LogP contribution in [0.15, 0.2) is 36.7 Å². The molecule has 0 aliphatic carbocycles. The van der Waals surface area contributed by atoms with Crippen molar-refractivity contribution in [3.05, 3.63) is 42.5 Å². The van der Waals surface area contributed by atoms with Gasteiger partial charge in [-0.25, -0.2) is 32.5 Å². The molecule has 2 aromatic heterocycles. The van der Waals surface area contributed by atoms with Gasteiger partial charge in [0.05, 0.1) is 11.2 Å². The number of benzene rings is 1. The zero-order chi connectivity index (χ0) is 22.4. The number of hydrogen-bond donors (Lipinski definition) is 0. The quantitative estimate of drug-likeness (QED) is 0.553. The molecule has 1 aromatic carbocycles. The Hall–Kier alpha value is -3.10. The number of anilines is 1. The Kier molecular flexibility index (Phi) is 5.15. The van der Waals surface area contributed by atoms with Crippen LogP contribution in [0.5, 0.6) is 0 Å². The zero-order valence-corrected chi connectivity index (χ0v) is 17.5. The van der Waals surface area contributed by atoms with Crippen LogP contribution in [0.1, 0.15) is 33.6 Å². The molecule has 0 N–H and O–H groups in total. The monoisotopic (exact) mass is 432 g/mol. The topological polar surface area (TPSA) is 60.3 Å². The number of rotatable bonds is 2. The summed E-state index contributed by atoms with van der Waals surface area (Å²) < 4.78 is 47.5. The van der Waals surface area contributed by atoms with Crippen molar-refractivity contribution in [3.8, 4) is 11.3 Å². The van der Waals surface area contributed by atoms with Gasteiger partial charge in [-0.1, -0.05) is 0 Å². The van der Waals surface area contributed by atoms with Crippen molar-refractivity contribution in [2.75, 3.05) is 18.0 Å². The van der Waals surface area contributed by atoms with Gasteiger partial charge in [0.2, 0.25) is 5.95 Å². The second kappa shape index (κ2) is 7.55. The first-order valence-electron chi connectivity index (χ1n) is 10.0. The normalized spacial score (nSPS) is 16.5. The van der Waals surface area contributed by atoms with Crippen molar-refractivity contribution >= 4 is 22.9 Å². The molecule has 4 rings (SSSR count). The second-order valence-corrected chi connectivity index (χ2v) is 8.66.